The molecule has 2 heterocycles. The highest BCUT2D eigenvalue weighted by molar-refractivity contribution is 5.89. The summed E-state index contributed by atoms with van der Waals surface area (Å²) in [4.78, 5) is 15.0. The Labute approximate surface area is 160 Å². The summed E-state index contributed by atoms with van der Waals surface area (Å²) in [6.07, 6.45) is 2.77. The molecule has 2 aromatic rings. The molecule has 1 saturated heterocycles. The largest absolute Gasteiger partial charge is 0.487 e. The number of urea groups is 1. The number of hydrogen-bond donors (Lipinski definition) is 2. The molecule has 2 aliphatic rings. The molecule has 2 aliphatic heterocycles. The van der Waals surface area contributed by atoms with E-state index in [4.69, 9.17) is 4.74 Å². The molecule has 0 aliphatic carbocycles. The molecule has 1 unspecified atom stereocenters. The Hall–Kier alpha value is -2.53. The molecule has 27 heavy (non-hydrogen) atoms. The number of para-hydroxylation sites is 1. The van der Waals surface area contributed by atoms with Crippen LogP contribution in [-0.4, -0.2) is 36.7 Å². The number of carbonyl (C=O) groups excluding carboxylic acids is 1. The van der Waals surface area contributed by atoms with Crippen molar-refractivity contribution in [3.8, 4) is 5.75 Å². The first-order valence-electron chi connectivity index (χ1n) is 9.64. The third-order valence-corrected chi connectivity index (χ3v) is 5.68. The molecule has 2 amide bonds. The fraction of sp³-hybridized carbons (Fsp3) is 0.409. The minimum Gasteiger partial charge on any atom is -0.487 e. The molecule has 5 nitrogen and oxygen atoms in total. The zero-order valence-corrected chi connectivity index (χ0v) is 16.0. The van der Waals surface area contributed by atoms with Crippen LogP contribution < -0.4 is 15.4 Å². The van der Waals surface area contributed by atoms with Crippen LogP contribution in [0.2, 0.25) is 0 Å². The van der Waals surface area contributed by atoms with Gasteiger partial charge in [0.1, 0.15) is 11.4 Å². The monoisotopic (exact) mass is 365 g/mol. The van der Waals surface area contributed by atoms with E-state index in [0.29, 0.717) is 0 Å². The lowest BCUT2D eigenvalue weighted by Crippen LogP contribution is -2.51. The summed E-state index contributed by atoms with van der Waals surface area (Å²) in [5, 5.41) is 6.14. The normalized spacial score (nSPS) is 21.2. The number of fused-ring (bicyclic) bond motifs is 1. The van der Waals surface area contributed by atoms with Gasteiger partial charge in [-0.3, -0.25) is 0 Å². The maximum atomic E-state index is 12.7. The van der Waals surface area contributed by atoms with E-state index in [-0.39, 0.29) is 17.7 Å². The number of piperidine rings is 1. The number of benzene rings is 2. The van der Waals surface area contributed by atoms with Crippen molar-refractivity contribution in [2.24, 2.45) is 0 Å². The molecule has 1 fully saturated rings. The lowest BCUT2D eigenvalue weighted by molar-refractivity contribution is -0.0188. The molecule has 1 spiro atoms. The number of hydrogen-bond acceptors (Lipinski definition) is 3. The Morgan fingerprint density at radius 3 is 2.70 bits per heavy atom. The van der Waals surface area contributed by atoms with E-state index in [1.807, 2.05) is 49.4 Å². The van der Waals surface area contributed by atoms with Gasteiger partial charge in [0.25, 0.3) is 0 Å². The molecular formula is C22H27N3O2. The van der Waals surface area contributed by atoms with Crippen molar-refractivity contribution in [2.45, 2.75) is 37.8 Å². The zero-order valence-electron chi connectivity index (χ0n) is 16.0. The van der Waals surface area contributed by atoms with Crippen molar-refractivity contribution in [2.75, 3.05) is 25.5 Å². The van der Waals surface area contributed by atoms with Crippen LogP contribution >= 0.6 is 0 Å². The van der Waals surface area contributed by atoms with E-state index in [1.54, 1.807) is 0 Å². The molecular weight excluding hydrogens is 338 g/mol. The Balaban J connectivity index is 1.52. The molecule has 142 valence electrons. The molecule has 0 bridgehead atoms. The van der Waals surface area contributed by atoms with E-state index >= 15 is 0 Å². The van der Waals surface area contributed by atoms with Crippen LogP contribution in [0.1, 0.15) is 36.4 Å². The van der Waals surface area contributed by atoms with Gasteiger partial charge in [-0.2, -0.15) is 0 Å². The quantitative estimate of drug-likeness (QED) is 0.842. The highest BCUT2D eigenvalue weighted by Gasteiger charge is 2.43. The number of rotatable bonds is 2. The first-order chi connectivity index (χ1) is 13.0. The summed E-state index contributed by atoms with van der Waals surface area (Å²) in [5.41, 5.74) is 2.79. The molecule has 2 N–H and O–H groups in total. The van der Waals surface area contributed by atoms with Gasteiger partial charge < -0.3 is 20.3 Å². The average Bonchev–Trinajstić information content (AvgIpc) is 2.64. The number of aryl methyl sites for hydroxylation is 1. The lowest BCUT2D eigenvalue weighted by Gasteiger charge is -2.46. The van der Waals surface area contributed by atoms with E-state index in [1.165, 1.54) is 0 Å². The Bertz CT molecular complexity index is 828. The third-order valence-electron chi connectivity index (χ3n) is 5.68. The second-order valence-electron chi connectivity index (χ2n) is 7.85. The van der Waals surface area contributed by atoms with Crippen LogP contribution in [0.5, 0.6) is 5.75 Å². The molecule has 2 aromatic carbocycles. The number of ether oxygens (including phenoxy) is 1. The summed E-state index contributed by atoms with van der Waals surface area (Å²) in [6, 6.07) is 15.7. The molecule has 1 atom stereocenters. The smallest absolute Gasteiger partial charge is 0.319 e. The van der Waals surface area contributed by atoms with Crippen molar-refractivity contribution < 1.29 is 9.53 Å². The first kappa shape index (κ1) is 17.9. The molecule has 0 saturated carbocycles. The van der Waals surface area contributed by atoms with E-state index in [0.717, 1.165) is 54.9 Å². The predicted molar refractivity (Wildman–Crippen MR) is 107 cm³/mol. The Morgan fingerprint density at radius 2 is 1.93 bits per heavy atom. The van der Waals surface area contributed by atoms with Crippen molar-refractivity contribution in [1.82, 2.24) is 10.2 Å². The van der Waals surface area contributed by atoms with Crippen LogP contribution in [-0.2, 0) is 0 Å². The minimum atomic E-state index is -0.192. The fourth-order valence-corrected chi connectivity index (χ4v) is 4.13. The van der Waals surface area contributed by atoms with Crippen molar-refractivity contribution in [3.63, 3.8) is 0 Å². The fourth-order valence-electron chi connectivity index (χ4n) is 4.13. The standard InChI is InChI=1S/C22H27N3O2/c1-16-6-5-7-17(14-16)23-21(26)24-19-15-22(10-12-25(2)13-11-22)27-20-9-4-3-8-18(19)20/h3-9,14,19H,10-13,15H2,1-2H3,(H2,23,24,26). The van der Waals surface area contributed by atoms with Crippen molar-refractivity contribution in [1.29, 1.82) is 0 Å². The number of amides is 2. The summed E-state index contributed by atoms with van der Waals surface area (Å²) in [5.74, 6) is 0.897. The van der Waals surface area contributed by atoms with Crippen LogP contribution in [0.4, 0.5) is 10.5 Å². The average molecular weight is 365 g/mol. The van der Waals surface area contributed by atoms with Gasteiger partial charge in [0.2, 0.25) is 0 Å². The second-order valence-corrected chi connectivity index (χ2v) is 7.85. The lowest BCUT2D eigenvalue weighted by atomic mass is 9.80. The second kappa shape index (κ2) is 7.24. The number of nitrogens with zero attached hydrogens (tertiary/aromatic N) is 1. The van der Waals surface area contributed by atoms with Gasteiger partial charge >= 0.3 is 6.03 Å². The van der Waals surface area contributed by atoms with Gasteiger partial charge in [-0.25, -0.2) is 4.79 Å². The topological polar surface area (TPSA) is 53.6 Å². The maximum absolute atomic E-state index is 12.7. The van der Waals surface area contributed by atoms with Gasteiger partial charge in [-0.15, -0.1) is 0 Å². The number of likely N-dealkylation sites (tertiary alicyclic amines) is 1. The highest BCUT2D eigenvalue weighted by atomic mass is 16.5. The van der Waals surface area contributed by atoms with Crippen LogP contribution in [0.15, 0.2) is 48.5 Å². The SMILES string of the molecule is Cc1cccc(NC(=O)NC2CC3(CCN(C)CC3)Oc3ccccc32)c1. The van der Waals surface area contributed by atoms with E-state index < -0.39 is 0 Å². The number of anilines is 1. The molecule has 0 radical (unpaired) electrons. The van der Waals surface area contributed by atoms with Gasteiger partial charge in [-0.05, 0) is 50.6 Å². The Morgan fingerprint density at radius 1 is 1.15 bits per heavy atom. The van der Waals surface area contributed by atoms with Crippen molar-refractivity contribution >= 4 is 11.7 Å². The van der Waals surface area contributed by atoms with Crippen LogP contribution in [0.25, 0.3) is 0 Å². The van der Waals surface area contributed by atoms with E-state index in [2.05, 4.69) is 28.6 Å². The van der Waals surface area contributed by atoms with Gasteiger partial charge in [0.05, 0.1) is 6.04 Å². The van der Waals surface area contributed by atoms with Gasteiger partial charge in [-0.1, -0.05) is 30.3 Å². The summed E-state index contributed by atoms with van der Waals surface area (Å²) in [7, 11) is 2.15. The number of carbonyl (C=O) groups is 1. The van der Waals surface area contributed by atoms with Crippen molar-refractivity contribution in [3.05, 3.63) is 59.7 Å². The third kappa shape index (κ3) is 3.93. The summed E-state index contributed by atoms with van der Waals surface area (Å²) < 4.78 is 6.46. The first-order valence-corrected chi connectivity index (χ1v) is 9.64. The van der Waals surface area contributed by atoms with Gasteiger partial charge in [0, 0.05) is 30.8 Å². The minimum absolute atomic E-state index is 0.0526. The zero-order chi connectivity index (χ0) is 18.9. The maximum Gasteiger partial charge on any atom is 0.319 e. The van der Waals surface area contributed by atoms with Crippen LogP contribution in [0.3, 0.4) is 0 Å². The molecule has 0 aromatic heterocycles. The summed E-state index contributed by atoms with van der Waals surface area (Å²) >= 11 is 0. The number of nitrogens with one attached hydrogen (secondary N) is 2. The molecule has 4 rings (SSSR count). The predicted octanol–water partition coefficient (Wildman–Crippen LogP) is 4.10. The van der Waals surface area contributed by atoms with E-state index in [9.17, 15) is 4.79 Å². The van der Waals surface area contributed by atoms with Crippen LogP contribution in [0, 0.1) is 6.92 Å². The van der Waals surface area contributed by atoms with Gasteiger partial charge in [0.15, 0.2) is 0 Å². The molecule has 5 heteroatoms. The Kier molecular flexibility index (Phi) is 4.79. The summed E-state index contributed by atoms with van der Waals surface area (Å²) in [6.45, 7) is 4.05. The highest BCUT2D eigenvalue weighted by Crippen LogP contribution is 2.44.